The van der Waals surface area contributed by atoms with E-state index in [0.29, 0.717) is 23.8 Å². The molecule has 2 atom stereocenters. The minimum Gasteiger partial charge on any atom is -0.396 e. The van der Waals surface area contributed by atoms with Crippen LogP contribution in [0.3, 0.4) is 0 Å². The van der Waals surface area contributed by atoms with Crippen molar-refractivity contribution >= 4 is 33.3 Å². The Bertz CT molecular complexity index is 1160. The van der Waals surface area contributed by atoms with Crippen LogP contribution in [0.15, 0.2) is 12.3 Å². The SMILES string of the molecule is Cc1nc(NCC2CCC2)nc(NC2CCC(CO)C2)c1-c1nc2c(C3CC3)nccc2s1. The van der Waals surface area contributed by atoms with Gasteiger partial charge in [-0.3, -0.25) is 4.98 Å². The van der Waals surface area contributed by atoms with Crippen LogP contribution >= 0.6 is 11.3 Å². The summed E-state index contributed by atoms with van der Waals surface area (Å²) in [6, 6.07) is 2.39. The van der Waals surface area contributed by atoms with Gasteiger partial charge in [-0.1, -0.05) is 6.42 Å². The highest BCUT2D eigenvalue weighted by Gasteiger charge is 2.30. The molecule has 0 spiro atoms. The monoisotopic (exact) mass is 464 g/mol. The molecule has 3 fully saturated rings. The van der Waals surface area contributed by atoms with Crippen LogP contribution < -0.4 is 10.6 Å². The summed E-state index contributed by atoms with van der Waals surface area (Å²) in [5.74, 6) is 3.24. The zero-order chi connectivity index (χ0) is 22.4. The van der Waals surface area contributed by atoms with Crippen molar-refractivity contribution in [3.63, 3.8) is 0 Å². The minimum absolute atomic E-state index is 0.261. The maximum atomic E-state index is 9.60. The lowest BCUT2D eigenvalue weighted by Gasteiger charge is -2.25. The Hall–Kier alpha value is -2.32. The van der Waals surface area contributed by atoms with Crippen molar-refractivity contribution in [2.45, 2.75) is 70.3 Å². The number of aliphatic hydroxyl groups excluding tert-OH is 1. The van der Waals surface area contributed by atoms with E-state index in [2.05, 4.69) is 28.6 Å². The van der Waals surface area contributed by atoms with Gasteiger partial charge in [0.1, 0.15) is 16.3 Å². The Labute approximate surface area is 198 Å². The maximum absolute atomic E-state index is 9.60. The topological polar surface area (TPSA) is 95.9 Å². The number of aromatic nitrogens is 4. The molecule has 0 bridgehead atoms. The van der Waals surface area contributed by atoms with Crippen LogP contribution in [-0.2, 0) is 0 Å². The summed E-state index contributed by atoms with van der Waals surface area (Å²) in [5.41, 5.74) is 4.13. The van der Waals surface area contributed by atoms with Gasteiger partial charge in [0.05, 0.1) is 21.7 Å². The van der Waals surface area contributed by atoms with Crippen molar-refractivity contribution in [1.29, 1.82) is 0 Å². The van der Waals surface area contributed by atoms with Crippen molar-refractivity contribution in [3.8, 4) is 10.6 Å². The molecule has 7 nitrogen and oxygen atoms in total. The fourth-order valence-electron chi connectivity index (χ4n) is 5.15. The van der Waals surface area contributed by atoms with Gasteiger partial charge in [0.25, 0.3) is 0 Å². The van der Waals surface area contributed by atoms with Crippen LogP contribution in [0.1, 0.15) is 68.7 Å². The molecule has 3 aliphatic rings. The van der Waals surface area contributed by atoms with Gasteiger partial charge in [-0.15, -0.1) is 11.3 Å². The van der Waals surface area contributed by atoms with Crippen molar-refractivity contribution in [2.75, 3.05) is 23.8 Å². The standard InChI is InChI=1S/C25H32N6OS/c1-14-20(24-30-22-19(33-24)9-10-26-21(22)17-6-7-17)23(29-18-8-5-16(11-18)13-32)31-25(28-14)27-12-15-3-2-4-15/h9-10,15-18,32H,2-8,11-13H2,1H3,(H2,27,28,29,31). The number of anilines is 2. The molecule has 33 heavy (non-hydrogen) atoms. The number of aliphatic hydroxyl groups is 1. The summed E-state index contributed by atoms with van der Waals surface area (Å²) in [6.45, 7) is 3.26. The average molecular weight is 465 g/mol. The first-order chi connectivity index (χ1) is 16.2. The van der Waals surface area contributed by atoms with Crippen LogP contribution in [0.2, 0.25) is 0 Å². The fraction of sp³-hybridized carbons (Fsp3) is 0.600. The normalized spacial score (nSPS) is 23.1. The first-order valence-corrected chi connectivity index (χ1v) is 13.2. The zero-order valence-corrected chi connectivity index (χ0v) is 20.0. The van der Waals surface area contributed by atoms with Gasteiger partial charge in [0.2, 0.25) is 5.95 Å². The van der Waals surface area contributed by atoms with Gasteiger partial charge >= 0.3 is 0 Å². The average Bonchev–Trinajstić information content (AvgIpc) is 3.36. The van der Waals surface area contributed by atoms with Gasteiger partial charge in [0, 0.05) is 31.3 Å². The van der Waals surface area contributed by atoms with Gasteiger partial charge in [-0.05, 0) is 69.8 Å². The number of nitrogens with zero attached hydrogens (tertiary/aromatic N) is 4. The van der Waals surface area contributed by atoms with Gasteiger partial charge in [-0.2, -0.15) is 4.98 Å². The van der Waals surface area contributed by atoms with E-state index in [1.54, 1.807) is 11.3 Å². The lowest BCUT2D eigenvalue weighted by molar-refractivity contribution is 0.229. The van der Waals surface area contributed by atoms with Crippen molar-refractivity contribution < 1.29 is 5.11 Å². The van der Waals surface area contributed by atoms with E-state index in [1.807, 2.05) is 6.20 Å². The summed E-state index contributed by atoms with van der Waals surface area (Å²) in [7, 11) is 0. The fourth-order valence-corrected chi connectivity index (χ4v) is 6.21. The van der Waals surface area contributed by atoms with Gasteiger partial charge < -0.3 is 15.7 Å². The molecule has 0 saturated heterocycles. The summed E-state index contributed by atoms with van der Waals surface area (Å²) in [4.78, 5) is 19.5. The second-order valence-electron chi connectivity index (χ2n) is 10.1. The number of hydrogen-bond donors (Lipinski definition) is 3. The van der Waals surface area contributed by atoms with E-state index in [1.165, 1.54) is 36.8 Å². The van der Waals surface area contributed by atoms with Crippen molar-refractivity contribution in [1.82, 2.24) is 19.9 Å². The predicted molar refractivity (Wildman–Crippen MR) is 133 cm³/mol. The highest BCUT2D eigenvalue weighted by Crippen LogP contribution is 2.44. The third-order valence-electron chi connectivity index (χ3n) is 7.52. The van der Waals surface area contributed by atoms with Crippen LogP contribution in [0, 0.1) is 18.8 Å². The molecule has 3 aromatic heterocycles. The molecule has 3 N–H and O–H groups in total. The van der Waals surface area contributed by atoms with E-state index in [-0.39, 0.29) is 6.61 Å². The van der Waals surface area contributed by atoms with Crippen LogP contribution in [0.4, 0.5) is 11.8 Å². The van der Waals surface area contributed by atoms with E-state index in [9.17, 15) is 5.11 Å². The number of pyridine rings is 1. The summed E-state index contributed by atoms with van der Waals surface area (Å²) >= 11 is 1.71. The second kappa shape index (κ2) is 8.80. The molecule has 3 saturated carbocycles. The lowest BCUT2D eigenvalue weighted by atomic mass is 9.85. The molecule has 6 rings (SSSR count). The molecule has 0 aliphatic heterocycles. The summed E-state index contributed by atoms with van der Waals surface area (Å²) < 4.78 is 1.18. The number of aryl methyl sites for hydroxylation is 1. The Morgan fingerprint density at radius 3 is 2.67 bits per heavy atom. The third kappa shape index (κ3) is 4.30. The first-order valence-electron chi connectivity index (χ1n) is 12.4. The summed E-state index contributed by atoms with van der Waals surface area (Å²) in [6.07, 6.45) is 11.3. The number of hydrogen-bond acceptors (Lipinski definition) is 8. The molecule has 3 aliphatic carbocycles. The molecule has 3 heterocycles. The highest BCUT2D eigenvalue weighted by atomic mass is 32.1. The molecule has 8 heteroatoms. The predicted octanol–water partition coefficient (Wildman–Crippen LogP) is 5.12. The molecule has 2 unspecified atom stereocenters. The largest absolute Gasteiger partial charge is 0.396 e. The highest BCUT2D eigenvalue weighted by molar-refractivity contribution is 7.21. The zero-order valence-electron chi connectivity index (χ0n) is 19.2. The van der Waals surface area contributed by atoms with Crippen molar-refractivity contribution in [3.05, 3.63) is 23.7 Å². The third-order valence-corrected chi connectivity index (χ3v) is 8.56. The first kappa shape index (κ1) is 21.2. The van der Waals surface area contributed by atoms with E-state index >= 15 is 0 Å². The molecule has 0 radical (unpaired) electrons. The smallest absolute Gasteiger partial charge is 0.224 e. The number of rotatable bonds is 8. The Kier molecular flexibility index (Phi) is 5.66. The molecule has 3 aromatic rings. The van der Waals surface area contributed by atoms with Crippen LogP contribution in [0.5, 0.6) is 0 Å². The minimum atomic E-state index is 0.261. The number of nitrogens with one attached hydrogen (secondary N) is 2. The quantitative estimate of drug-likeness (QED) is 0.426. The van der Waals surface area contributed by atoms with Gasteiger partial charge in [-0.25, -0.2) is 9.97 Å². The van der Waals surface area contributed by atoms with Gasteiger partial charge in [0.15, 0.2) is 0 Å². The van der Waals surface area contributed by atoms with Crippen LogP contribution in [-0.4, -0.2) is 44.2 Å². The molecular formula is C25H32N6OS. The van der Waals surface area contributed by atoms with Crippen LogP contribution in [0.25, 0.3) is 20.8 Å². The number of fused-ring (bicyclic) bond motifs is 1. The Morgan fingerprint density at radius 2 is 1.94 bits per heavy atom. The Balaban J connectivity index is 1.36. The second-order valence-corrected chi connectivity index (χ2v) is 11.1. The summed E-state index contributed by atoms with van der Waals surface area (Å²) in [5, 5.41) is 17.8. The molecule has 0 amide bonds. The molecule has 174 valence electrons. The van der Waals surface area contributed by atoms with E-state index in [0.717, 1.165) is 65.0 Å². The van der Waals surface area contributed by atoms with Crippen molar-refractivity contribution in [2.24, 2.45) is 11.8 Å². The molecule has 0 aromatic carbocycles. The Morgan fingerprint density at radius 1 is 1.06 bits per heavy atom. The lowest BCUT2D eigenvalue weighted by Crippen LogP contribution is -2.23. The van der Waals surface area contributed by atoms with E-state index in [4.69, 9.17) is 15.0 Å². The van der Waals surface area contributed by atoms with E-state index < -0.39 is 0 Å². The maximum Gasteiger partial charge on any atom is 0.224 e. The molecular weight excluding hydrogens is 432 g/mol. The number of thiazole rings is 1.